The number of amidine groups is 1. The Morgan fingerprint density at radius 3 is 2.27 bits per heavy atom. The summed E-state index contributed by atoms with van der Waals surface area (Å²) in [6.07, 6.45) is 0.899. The van der Waals surface area contributed by atoms with E-state index in [2.05, 4.69) is 123 Å². The summed E-state index contributed by atoms with van der Waals surface area (Å²) >= 11 is 0. The Kier molecular flexibility index (Phi) is 5.79. The van der Waals surface area contributed by atoms with Crippen molar-refractivity contribution in [3.05, 3.63) is 144 Å². The molecule has 8 aromatic rings. The van der Waals surface area contributed by atoms with E-state index in [1.165, 1.54) is 5.39 Å². The van der Waals surface area contributed by atoms with Crippen LogP contribution >= 0.6 is 0 Å². The van der Waals surface area contributed by atoms with Gasteiger partial charge in [0, 0.05) is 38.4 Å². The third kappa shape index (κ3) is 3.99. The molecule has 0 amide bonds. The van der Waals surface area contributed by atoms with E-state index in [1.807, 2.05) is 12.1 Å². The molecular weight excluding hydrogens is 552 g/mol. The van der Waals surface area contributed by atoms with Crippen LogP contribution in [0.4, 0.5) is 0 Å². The van der Waals surface area contributed by atoms with Gasteiger partial charge < -0.3 is 8.83 Å². The zero-order valence-corrected chi connectivity index (χ0v) is 25.1. The standard InChI is InChI=1S/C41H30N2O2/c1-3-28-38(26-13-5-4-6-14-26)42-41(43-39(28)31-17-11-19-34-37(31)30-16-9-10-18-33(30)44-34)27-22-24(2)36-32-21-20-25-12-7-8-15-29(25)40(32)45-35(36)23-27/h4-23,28,39H,3H2,1-2H3. The highest BCUT2D eigenvalue weighted by Crippen LogP contribution is 2.43. The van der Waals surface area contributed by atoms with Crippen molar-refractivity contribution in [1.29, 1.82) is 0 Å². The number of furan rings is 2. The Morgan fingerprint density at radius 2 is 1.40 bits per heavy atom. The minimum absolute atomic E-state index is 0.0952. The zero-order valence-electron chi connectivity index (χ0n) is 25.1. The summed E-state index contributed by atoms with van der Waals surface area (Å²) in [5.74, 6) is 0.821. The van der Waals surface area contributed by atoms with Crippen LogP contribution in [-0.4, -0.2) is 11.5 Å². The van der Waals surface area contributed by atoms with Crippen molar-refractivity contribution in [2.24, 2.45) is 15.9 Å². The van der Waals surface area contributed by atoms with Crippen LogP contribution in [0.3, 0.4) is 0 Å². The maximum atomic E-state index is 6.62. The van der Waals surface area contributed by atoms with E-state index in [0.717, 1.165) is 89.5 Å². The molecule has 6 aromatic carbocycles. The van der Waals surface area contributed by atoms with Gasteiger partial charge in [-0.15, -0.1) is 0 Å². The van der Waals surface area contributed by atoms with Gasteiger partial charge in [0.15, 0.2) is 5.84 Å². The number of aliphatic imine (C=N–C) groups is 2. The second kappa shape index (κ2) is 10.0. The van der Waals surface area contributed by atoms with Crippen LogP contribution in [0.25, 0.3) is 54.6 Å². The summed E-state index contributed by atoms with van der Waals surface area (Å²) in [7, 11) is 0. The lowest BCUT2D eigenvalue weighted by atomic mass is 9.82. The average molecular weight is 583 g/mol. The summed E-state index contributed by atoms with van der Waals surface area (Å²) in [5.41, 5.74) is 9.01. The van der Waals surface area contributed by atoms with Crippen molar-refractivity contribution in [2.75, 3.05) is 0 Å². The van der Waals surface area contributed by atoms with Crippen molar-refractivity contribution in [3.8, 4) is 0 Å². The summed E-state index contributed by atoms with van der Waals surface area (Å²) in [6, 6.07) is 42.2. The molecule has 2 aromatic heterocycles. The average Bonchev–Trinajstić information content (AvgIpc) is 3.67. The van der Waals surface area contributed by atoms with Crippen LogP contribution in [0, 0.1) is 12.8 Å². The molecule has 0 N–H and O–H groups in total. The van der Waals surface area contributed by atoms with Crippen LogP contribution in [0.1, 0.15) is 41.6 Å². The number of nitrogens with zero attached hydrogens (tertiary/aromatic N) is 2. The highest BCUT2D eigenvalue weighted by Gasteiger charge is 2.33. The zero-order chi connectivity index (χ0) is 30.1. The van der Waals surface area contributed by atoms with Gasteiger partial charge in [0.25, 0.3) is 0 Å². The third-order valence-electron chi connectivity index (χ3n) is 9.40. The van der Waals surface area contributed by atoms with Crippen molar-refractivity contribution < 1.29 is 8.83 Å². The second-order valence-corrected chi connectivity index (χ2v) is 12.0. The topological polar surface area (TPSA) is 51.0 Å². The number of fused-ring (bicyclic) bond motifs is 8. The minimum atomic E-state index is -0.141. The first kappa shape index (κ1) is 26.0. The molecule has 0 aliphatic carbocycles. The van der Waals surface area contributed by atoms with Crippen molar-refractivity contribution in [2.45, 2.75) is 26.3 Å². The SMILES string of the molecule is CCC1C(c2ccccc2)=NC(c2cc(C)c3c(c2)oc2c4ccccc4ccc23)=NC1c1cccc2oc3ccccc3c12. The first-order chi connectivity index (χ1) is 22.2. The molecule has 0 bridgehead atoms. The number of hydrogen-bond donors (Lipinski definition) is 0. The van der Waals surface area contributed by atoms with Gasteiger partial charge in [-0.3, -0.25) is 4.99 Å². The van der Waals surface area contributed by atoms with Crippen molar-refractivity contribution in [1.82, 2.24) is 0 Å². The fourth-order valence-electron chi connectivity index (χ4n) is 7.34. The quantitative estimate of drug-likeness (QED) is 0.207. The molecule has 4 heteroatoms. The lowest BCUT2D eigenvalue weighted by Gasteiger charge is -2.30. The second-order valence-electron chi connectivity index (χ2n) is 12.0. The summed E-state index contributed by atoms with van der Waals surface area (Å²) in [4.78, 5) is 10.8. The molecule has 1 aliphatic rings. The molecule has 2 atom stereocenters. The van der Waals surface area contributed by atoms with Gasteiger partial charge in [-0.25, -0.2) is 4.99 Å². The molecule has 1 aliphatic heterocycles. The first-order valence-electron chi connectivity index (χ1n) is 15.6. The van der Waals surface area contributed by atoms with E-state index in [1.54, 1.807) is 0 Å². The summed E-state index contributed by atoms with van der Waals surface area (Å²) in [6.45, 7) is 4.39. The fraction of sp³-hybridized carbons (Fsp3) is 0.122. The highest BCUT2D eigenvalue weighted by molar-refractivity contribution is 6.19. The number of aryl methyl sites for hydroxylation is 1. The van der Waals surface area contributed by atoms with Gasteiger partial charge in [-0.05, 0) is 65.8 Å². The van der Waals surface area contributed by atoms with E-state index in [4.69, 9.17) is 18.8 Å². The third-order valence-corrected chi connectivity index (χ3v) is 9.40. The van der Waals surface area contributed by atoms with Crippen LogP contribution < -0.4 is 0 Å². The lowest BCUT2D eigenvalue weighted by Crippen LogP contribution is -2.28. The van der Waals surface area contributed by atoms with Crippen LogP contribution in [0.2, 0.25) is 0 Å². The molecule has 9 rings (SSSR count). The number of benzene rings is 6. The Hall–Kier alpha value is -5.48. The summed E-state index contributed by atoms with van der Waals surface area (Å²) < 4.78 is 12.9. The van der Waals surface area contributed by atoms with Crippen molar-refractivity contribution in [3.63, 3.8) is 0 Å². The molecule has 0 saturated heterocycles. The molecule has 0 fully saturated rings. The first-order valence-corrected chi connectivity index (χ1v) is 15.6. The largest absolute Gasteiger partial charge is 0.456 e. The molecule has 3 heterocycles. The minimum Gasteiger partial charge on any atom is -0.456 e. The molecule has 0 radical (unpaired) electrons. The van der Waals surface area contributed by atoms with Gasteiger partial charge in [0.05, 0.1) is 11.8 Å². The maximum Gasteiger partial charge on any atom is 0.155 e. The molecule has 4 nitrogen and oxygen atoms in total. The van der Waals surface area contributed by atoms with Gasteiger partial charge >= 0.3 is 0 Å². The number of hydrogen-bond acceptors (Lipinski definition) is 4. The van der Waals surface area contributed by atoms with Crippen LogP contribution in [0.15, 0.2) is 140 Å². The molecule has 45 heavy (non-hydrogen) atoms. The van der Waals surface area contributed by atoms with E-state index in [0.29, 0.717) is 0 Å². The van der Waals surface area contributed by atoms with E-state index in [9.17, 15) is 0 Å². The predicted octanol–water partition coefficient (Wildman–Crippen LogP) is 11.0. The highest BCUT2D eigenvalue weighted by atomic mass is 16.3. The van der Waals surface area contributed by atoms with Crippen LogP contribution in [0.5, 0.6) is 0 Å². The Bertz CT molecular complexity index is 2500. The Balaban J connectivity index is 1.29. The van der Waals surface area contributed by atoms with E-state index < -0.39 is 0 Å². The van der Waals surface area contributed by atoms with E-state index in [-0.39, 0.29) is 12.0 Å². The molecular formula is C41H30N2O2. The van der Waals surface area contributed by atoms with Gasteiger partial charge in [-0.1, -0.05) is 97.9 Å². The smallest absolute Gasteiger partial charge is 0.155 e. The number of para-hydroxylation sites is 1. The van der Waals surface area contributed by atoms with Crippen LogP contribution in [-0.2, 0) is 0 Å². The van der Waals surface area contributed by atoms with E-state index >= 15 is 0 Å². The predicted molar refractivity (Wildman–Crippen MR) is 186 cm³/mol. The van der Waals surface area contributed by atoms with Gasteiger partial charge in [0.2, 0.25) is 0 Å². The molecule has 0 spiro atoms. The maximum absolute atomic E-state index is 6.62. The molecule has 0 saturated carbocycles. The lowest BCUT2D eigenvalue weighted by molar-refractivity contribution is 0.535. The monoisotopic (exact) mass is 582 g/mol. The van der Waals surface area contributed by atoms with Crippen molar-refractivity contribution >= 4 is 66.2 Å². The molecule has 2 unspecified atom stereocenters. The molecule has 216 valence electrons. The Labute approximate surface area is 260 Å². The summed E-state index contributed by atoms with van der Waals surface area (Å²) in [5, 5.41) is 6.81. The Morgan fingerprint density at radius 1 is 0.622 bits per heavy atom. The van der Waals surface area contributed by atoms with Gasteiger partial charge in [0.1, 0.15) is 22.3 Å². The van der Waals surface area contributed by atoms with Gasteiger partial charge in [-0.2, -0.15) is 0 Å². The number of rotatable bonds is 4. The fourth-order valence-corrected chi connectivity index (χ4v) is 7.34. The normalized spacial score (nSPS) is 17.0.